The number of amides is 2. The van der Waals surface area contributed by atoms with Gasteiger partial charge in [-0.15, -0.1) is 0 Å². The molecule has 2 aromatic rings. The number of nitrogens with zero attached hydrogens (tertiary/aromatic N) is 1. The van der Waals surface area contributed by atoms with Gasteiger partial charge in [0.1, 0.15) is 0 Å². The summed E-state index contributed by atoms with van der Waals surface area (Å²) >= 11 is 0. The van der Waals surface area contributed by atoms with E-state index in [1.54, 1.807) is 4.90 Å². The molecule has 0 aromatic heterocycles. The van der Waals surface area contributed by atoms with Crippen LogP contribution in [-0.2, 0) is 16.0 Å². The highest BCUT2D eigenvalue weighted by Gasteiger charge is 2.20. The molecule has 0 unspecified atom stereocenters. The van der Waals surface area contributed by atoms with Gasteiger partial charge in [0.05, 0.1) is 13.0 Å². The van der Waals surface area contributed by atoms with Crippen LogP contribution in [0.3, 0.4) is 0 Å². The summed E-state index contributed by atoms with van der Waals surface area (Å²) in [4.78, 5) is 25.1. The Balaban J connectivity index is 1.75. The molecule has 1 fully saturated rings. The second-order valence-corrected chi connectivity index (χ2v) is 5.02. The van der Waals surface area contributed by atoms with Crippen molar-refractivity contribution in [2.45, 2.75) is 6.42 Å². The third-order valence-corrected chi connectivity index (χ3v) is 3.56. The number of carbonyl (C=O) groups excluding carboxylic acids is 2. The van der Waals surface area contributed by atoms with E-state index in [1.807, 2.05) is 36.4 Å². The van der Waals surface area contributed by atoms with E-state index >= 15 is 0 Å². The fraction of sp³-hybridized carbons (Fsp3) is 0.250. The Hall–Kier alpha value is -2.36. The summed E-state index contributed by atoms with van der Waals surface area (Å²) in [5, 5.41) is 5.02. The van der Waals surface area contributed by atoms with Crippen LogP contribution in [0.1, 0.15) is 5.56 Å². The zero-order chi connectivity index (χ0) is 13.9. The van der Waals surface area contributed by atoms with E-state index in [2.05, 4.69) is 11.4 Å². The summed E-state index contributed by atoms with van der Waals surface area (Å²) in [6, 6.07) is 14.1. The van der Waals surface area contributed by atoms with Crippen molar-refractivity contribution in [3.8, 4) is 0 Å². The monoisotopic (exact) mass is 268 g/mol. The molecule has 0 radical (unpaired) electrons. The van der Waals surface area contributed by atoms with Crippen molar-refractivity contribution in [1.29, 1.82) is 0 Å². The highest BCUT2D eigenvalue weighted by atomic mass is 16.2. The van der Waals surface area contributed by atoms with E-state index < -0.39 is 0 Å². The van der Waals surface area contributed by atoms with Crippen molar-refractivity contribution in [2.75, 3.05) is 19.6 Å². The molecule has 4 nitrogen and oxygen atoms in total. The Morgan fingerprint density at radius 2 is 1.95 bits per heavy atom. The molecule has 0 bridgehead atoms. The minimum atomic E-state index is -0.0805. The summed E-state index contributed by atoms with van der Waals surface area (Å²) in [6.07, 6.45) is 0.345. The Morgan fingerprint density at radius 3 is 2.75 bits per heavy atom. The molecule has 1 aliphatic heterocycles. The molecule has 0 aliphatic carbocycles. The normalized spacial score (nSPS) is 15.2. The van der Waals surface area contributed by atoms with Gasteiger partial charge in [0.25, 0.3) is 0 Å². The van der Waals surface area contributed by atoms with E-state index in [1.165, 1.54) is 5.39 Å². The molecule has 0 saturated carbocycles. The van der Waals surface area contributed by atoms with Crippen LogP contribution < -0.4 is 5.32 Å². The lowest BCUT2D eigenvalue weighted by atomic mass is 10.0. The van der Waals surface area contributed by atoms with Gasteiger partial charge in [-0.05, 0) is 16.3 Å². The summed E-state index contributed by atoms with van der Waals surface area (Å²) in [5.74, 6) is -0.0711. The average Bonchev–Trinajstić information content (AvgIpc) is 2.47. The predicted molar refractivity (Wildman–Crippen MR) is 77.2 cm³/mol. The van der Waals surface area contributed by atoms with Crippen molar-refractivity contribution in [2.24, 2.45) is 0 Å². The van der Waals surface area contributed by atoms with Gasteiger partial charge in [0.2, 0.25) is 11.8 Å². The van der Waals surface area contributed by atoms with Crippen LogP contribution in [0.5, 0.6) is 0 Å². The zero-order valence-corrected chi connectivity index (χ0v) is 11.1. The maximum atomic E-state index is 12.2. The van der Waals surface area contributed by atoms with E-state index in [9.17, 15) is 9.59 Å². The number of carbonyl (C=O) groups is 2. The van der Waals surface area contributed by atoms with Crippen LogP contribution in [0.2, 0.25) is 0 Å². The lowest BCUT2D eigenvalue weighted by Crippen LogP contribution is -2.50. The van der Waals surface area contributed by atoms with E-state index in [0.717, 1.165) is 10.9 Å². The first-order chi connectivity index (χ1) is 9.72. The quantitative estimate of drug-likeness (QED) is 0.893. The minimum absolute atomic E-state index is 0.00938. The Kier molecular flexibility index (Phi) is 3.37. The van der Waals surface area contributed by atoms with Gasteiger partial charge < -0.3 is 10.2 Å². The minimum Gasteiger partial charge on any atom is -0.353 e. The molecular formula is C16H16N2O2. The van der Waals surface area contributed by atoms with Crippen LogP contribution in [-0.4, -0.2) is 36.3 Å². The molecule has 1 heterocycles. The summed E-state index contributed by atoms with van der Waals surface area (Å²) in [6.45, 7) is 1.31. The van der Waals surface area contributed by atoms with Crippen LogP contribution in [0.15, 0.2) is 42.5 Å². The second-order valence-electron chi connectivity index (χ2n) is 5.02. The molecule has 0 spiro atoms. The number of piperazine rings is 1. The number of fused-ring (bicyclic) bond motifs is 1. The first-order valence-electron chi connectivity index (χ1n) is 6.74. The maximum Gasteiger partial charge on any atom is 0.239 e. The molecule has 1 aliphatic rings. The lowest BCUT2D eigenvalue weighted by Gasteiger charge is -2.26. The topological polar surface area (TPSA) is 49.4 Å². The molecule has 4 heteroatoms. The van der Waals surface area contributed by atoms with Gasteiger partial charge in [-0.2, -0.15) is 0 Å². The van der Waals surface area contributed by atoms with Crippen LogP contribution in [0, 0.1) is 0 Å². The first kappa shape index (κ1) is 12.7. The molecule has 1 N–H and O–H groups in total. The fourth-order valence-corrected chi connectivity index (χ4v) is 2.49. The van der Waals surface area contributed by atoms with Crippen LogP contribution >= 0.6 is 0 Å². The molecule has 1 saturated heterocycles. The molecule has 2 aromatic carbocycles. The molecule has 0 atom stereocenters. The van der Waals surface area contributed by atoms with Gasteiger partial charge in [-0.1, -0.05) is 42.5 Å². The summed E-state index contributed by atoms with van der Waals surface area (Å²) < 4.78 is 0. The Morgan fingerprint density at radius 1 is 1.15 bits per heavy atom. The second kappa shape index (κ2) is 5.33. The largest absolute Gasteiger partial charge is 0.353 e. The van der Waals surface area contributed by atoms with Crippen molar-refractivity contribution in [1.82, 2.24) is 10.2 Å². The van der Waals surface area contributed by atoms with Gasteiger partial charge in [-0.25, -0.2) is 0 Å². The van der Waals surface area contributed by atoms with Crippen molar-refractivity contribution in [3.63, 3.8) is 0 Å². The number of rotatable bonds is 2. The smallest absolute Gasteiger partial charge is 0.239 e. The lowest BCUT2D eigenvalue weighted by molar-refractivity contribution is -0.137. The highest BCUT2D eigenvalue weighted by Crippen LogP contribution is 2.16. The van der Waals surface area contributed by atoms with Crippen LogP contribution in [0.4, 0.5) is 0 Å². The molecule has 102 valence electrons. The third-order valence-electron chi connectivity index (χ3n) is 3.56. The summed E-state index contributed by atoms with van der Waals surface area (Å²) in [5.41, 5.74) is 0.986. The number of hydrogen-bond donors (Lipinski definition) is 1. The van der Waals surface area contributed by atoms with Crippen molar-refractivity contribution in [3.05, 3.63) is 48.0 Å². The number of hydrogen-bond acceptors (Lipinski definition) is 2. The predicted octanol–water partition coefficient (Wildman–Crippen LogP) is 1.34. The molecule has 2 amide bonds. The third kappa shape index (κ3) is 2.64. The zero-order valence-electron chi connectivity index (χ0n) is 11.1. The van der Waals surface area contributed by atoms with Gasteiger partial charge in [-0.3, -0.25) is 9.59 Å². The van der Waals surface area contributed by atoms with Gasteiger partial charge in [0, 0.05) is 13.1 Å². The Labute approximate surface area is 117 Å². The van der Waals surface area contributed by atoms with Gasteiger partial charge in [0.15, 0.2) is 0 Å². The van der Waals surface area contributed by atoms with Gasteiger partial charge >= 0.3 is 0 Å². The van der Waals surface area contributed by atoms with E-state index in [4.69, 9.17) is 0 Å². The molecule has 20 heavy (non-hydrogen) atoms. The number of benzene rings is 2. The summed E-state index contributed by atoms with van der Waals surface area (Å²) in [7, 11) is 0. The highest BCUT2D eigenvalue weighted by molar-refractivity contribution is 5.88. The maximum absolute atomic E-state index is 12.2. The van der Waals surface area contributed by atoms with E-state index in [0.29, 0.717) is 19.5 Å². The van der Waals surface area contributed by atoms with Crippen LogP contribution in [0.25, 0.3) is 10.8 Å². The SMILES string of the molecule is O=C1CN(C(=O)Cc2ccc3ccccc3c2)CCN1. The number of nitrogens with one attached hydrogen (secondary N) is 1. The van der Waals surface area contributed by atoms with Crippen molar-refractivity contribution < 1.29 is 9.59 Å². The molecule has 3 rings (SSSR count). The van der Waals surface area contributed by atoms with Crippen molar-refractivity contribution >= 4 is 22.6 Å². The average molecular weight is 268 g/mol. The molecular weight excluding hydrogens is 252 g/mol. The first-order valence-corrected chi connectivity index (χ1v) is 6.74. The standard InChI is InChI=1S/C16H16N2O2/c19-15-11-18(8-7-17-15)16(20)10-12-5-6-13-3-1-2-4-14(13)9-12/h1-6,9H,7-8,10-11H2,(H,17,19). The Bertz CT molecular complexity index is 666. The fourth-order valence-electron chi connectivity index (χ4n) is 2.49. The van der Waals surface area contributed by atoms with E-state index in [-0.39, 0.29) is 18.4 Å².